The summed E-state index contributed by atoms with van der Waals surface area (Å²) in [5.41, 5.74) is -1.73. The van der Waals surface area contributed by atoms with Crippen molar-refractivity contribution in [1.29, 1.82) is 0 Å². The molecule has 0 aliphatic heterocycles. The van der Waals surface area contributed by atoms with E-state index in [1.54, 1.807) is 0 Å². The Bertz CT molecular complexity index is 565. The molecule has 0 spiro atoms. The molecule has 0 aliphatic rings. The van der Waals surface area contributed by atoms with E-state index in [2.05, 4.69) is 4.84 Å². The highest BCUT2D eigenvalue weighted by Crippen LogP contribution is 2.30. The van der Waals surface area contributed by atoms with Crippen molar-refractivity contribution in [3.8, 4) is 0 Å². The Hall–Kier alpha value is -2.33. The van der Waals surface area contributed by atoms with E-state index in [0.717, 1.165) is 5.48 Å². The number of halogens is 7. The van der Waals surface area contributed by atoms with Gasteiger partial charge < -0.3 is 4.84 Å². The Kier molecular flexibility index (Phi) is 4.44. The molecule has 0 saturated carbocycles. The lowest BCUT2D eigenvalue weighted by Gasteiger charge is -2.10. The summed E-state index contributed by atoms with van der Waals surface area (Å²) in [6.45, 7) is 0. The van der Waals surface area contributed by atoms with E-state index < -0.39 is 41.2 Å². The molecule has 4 nitrogen and oxygen atoms in total. The van der Waals surface area contributed by atoms with Crippen molar-refractivity contribution in [3.05, 3.63) is 35.1 Å². The van der Waals surface area contributed by atoms with Gasteiger partial charge in [-0.1, -0.05) is 0 Å². The van der Waals surface area contributed by atoms with Crippen molar-refractivity contribution >= 4 is 11.9 Å². The zero-order chi connectivity index (χ0) is 16.4. The minimum atomic E-state index is -5.43. The van der Waals surface area contributed by atoms with Gasteiger partial charge in [0.25, 0.3) is 5.91 Å². The number of hydrogen-bond acceptors (Lipinski definition) is 3. The molecule has 0 unspecified atom stereocenters. The predicted molar refractivity (Wildman–Crippen MR) is 51.0 cm³/mol. The summed E-state index contributed by atoms with van der Waals surface area (Å²) in [6.07, 6.45) is -10.3. The van der Waals surface area contributed by atoms with E-state index >= 15 is 0 Å². The summed E-state index contributed by atoms with van der Waals surface area (Å²) < 4.78 is 85.5. The van der Waals surface area contributed by atoms with Gasteiger partial charge in [0.05, 0.1) is 11.1 Å². The number of carbonyl (C=O) groups excluding carboxylic acids is 2. The Balaban J connectivity index is 2.91. The number of hydroxylamine groups is 1. The Morgan fingerprint density at radius 1 is 1.05 bits per heavy atom. The van der Waals surface area contributed by atoms with Crippen LogP contribution in [0.25, 0.3) is 0 Å². The number of benzene rings is 1. The van der Waals surface area contributed by atoms with E-state index in [-0.39, 0.29) is 6.07 Å². The molecule has 1 amide bonds. The molecule has 21 heavy (non-hydrogen) atoms. The van der Waals surface area contributed by atoms with Crippen LogP contribution in [0.2, 0.25) is 0 Å². The maximum atomic E-state index is 13.2. The van der Waals surface area contributed by atoms with E-state index in [4.69, 9.17) is 0 Å². The number of carbonyl (C=O) groups is 2. The molecule has 0 aromatic heterocycles. The summed E-state index contributed by atoms with van der Waals surface area (Å²) in [7, 11) is 0. The fraction of sp³-hybridized carbons (Fsp3) is 0.200. The largest absolute Gasteiger partial charge is 0.493 e. The highest BCUT2D eigenvalue weighted by atomic mass is 19.4. The van der Waals surface area contributed by atoms with Crippen LogP contribution in [0.5, 0.6) is 0 Å². The van der Waals surface area contributed by atoms with Gasteiger partial charge in [-0.15, -0.1) is 0 Å². The zero-order valence-electron chi connectivity index (χ0n) is 9.60. The van der Waals surface area contributed by atoms with Crippen molar-refractivity contribution in [2.45, 2.75) is 12.4 Å². The first-order valence-corrected chi connectivity index (χ1v) is 4.88. The van der Waals surface area contributed by atoms with Crippen LogP contribution >= 0.6 is 0 Å². The second kappa shape index (κ2) is 5.58. The first kappa shape index (κ1) is 16.7. The number of alkyl halides is 6. The smallest absolute Gasteiger partial charge is 0.332 e. The number of hydrogen-bond donors (Lipinski definition) is 1. The van der Waals surface area contributed by atoms with Gasteiger partial charge >= 0.3 is 18.3 Å². The number of nitrogens with one attached hydrogen (secondary N) is 1. The van der Waals surface area contributed by atoms with Crippen LogP contribution in [-0.4, -0.2) is 18.1 Å². The fourth-order valence-corrected chi connectivity index (χ4v) is 1.08. The highest BCUT2D eigenvalue weighted by Gasteiger charge is 2.42. The van der Waals surface area contributed by atoms with E-state index in [0.29, 0.717) is 12.1 Å². The molecule has 0 bridgehead atoms. The third-order valence-corrected chi connectivity index (χ3v) is 2.01. The average Bonchev–Trinajstić information content (AvgIpc) is 2.33. The van der Waals surface area contributed by atoms with Crippen LogP contribution in [0.1, 0.15) is 15.9 Å². The summed E-state index contributed by atoms with van der Waals surface area (Å²) in [5.74, 6) is -6.04. The van der Waals surface area contributed by atoms with E-state index in [1.807, 2.05) is 0 Å². The Labute approximate surface area is 111 Å². The molecule has 0 heterocycles. The van der Waals surface area contributed by atoms with Gasteiger partial charge in [-0.05, 0) is 18.2 Å². The van der Waals surface area contributed by atoms with E-state index in [1.165, 1.54) is 0 Å². The average molecular weight is 319 g/mol. The van der Waals surface area contributed by atoms with Crippen LogP contribution in [-0.2, 0) is 15.8 Å². The SMILES string of the molecule is O=C(NOC(=O)C(F)(F)F)c1cc(C(F)(F)F)ccc1F. The van der Waals surface area contributed by atoms with Crippen molar-refractivity contribution in [2.75, 3.05) is 0 Å². The lowest BCUT2D eigenvalue weighted by Crippen LogP contribution is -2.35. The van der Waals surface area contributed by atoms with Crippen LogP contribution in [0, 0.1) is 5.82 Å². The van der Waals surface area contributed by atoms with Crippen LogP contribution in [0.3, 0.4) is 0 Å². The minimum absolute atomic E-state index is 0.0616. The molecule has 1 aromatic rings. The maximum Gasteiger partial charge on any atom is 0.493 e. The van der Waals surface area contributed by atoms with Gasteiger partial charge in [-0.3, -0.25) is 4.79 Å². The summed E-state index contributed by atoms with van der Waals surface area (Å²) in [6, 6.07) is 0.684. The second-order valence-corrected chi connectivity index (χ2v) is 3.51. The van der Waals surface area contributed by atoms with Crippen molar-refractivity contribution in [3.63, 3.8) is 0 Å². The monoisotopic (exact) mass is 319 g/mol. The standard InChI is InChI=1S/C10H4F7NO3/c11-6-2-1-4(9(12,13)14)3-5(6)7(19)18-21-8(20)10(15,16)17/h1-3H,(H,18,19). The molecule has 0 fully saturated rings. The molecule has 11 heteroatoms. The van der Waals surface area contributed by atoms with Crippen molar-refractivity contribution in [2.24, 2.45) is 0 Å². The molecule has 1 N–H and O–H groups in total. The molecule has 0 saturated heterocycles. The number of rotatable bonds is 1. The predicted octanol–water partition coefficient (Wildman–Crippen LogP) is 2.59. The zero-order valence-corrected chi connectivity index (χ0v) is 9.60. The third-order valence-electron chi connectivity index (χ3n) is 2.01. The lowest BCUT2D eigenvalue weighted by molar-refractivity contribution is -0.204. The summed E-state index contributed by atoms with van der Waals surface area (Å²) in [4.78, 5) is 24.8. The number of amides is 1. The van der Waals surface area contributed by atoms with Gasteiger partial charge in [0.15, 0.2) is 0 Å². The summed E-state index contributed by atoms with van der Waals surface area (Å²) in [5, 5.41) is 0. The van der Waals surface area contributed by atoms with Crippen LogP contribution in [0.15, 0.2) is 18.2 Å². The normalized spacial score (nSPS) is 12.0. The molecule has 0 atom stereocenters. The Morgan fingerprint density at radius 3 is 2.10 bits per heavy atom. The van der Waals surface area contributed by atoms with Crippen molar-refractivity contribution in [1.82, 2.24) is 5.48 Å². The quantitative estimate of drug-likeness (QED) is 0.639. The van der Waals surface area contributed by atoms with Gasteiger partial charge in [-0.25, -0.2) is 9.18 Å². The van der Waals surface area contributed by atoms with Crippen LogP contribution in [0.4, 0.5) is 30.7 Å². The fourth-order valence-electron chi connectivity index (χ4n) is 1.08. The first-order valence-electron chi connectivity index (χ1n) is 4.88. The molecule has 1 aromatic carbocycles. The van der Waals surface area contributed by atoms with E-state index in [9.17, 15) is 40.3 Å². The molecule has 1 rings (SSSR count). The topological polar surface area (TPSA) is 55.4 Å². The minimum Gasteiger partial charge on any atom is -0.332 e. The molecule has 116 valence electrons. The molecular formula is C10H4F7NO3. The van der Waals surface area contributed by atoms with Gasteiger partial charge in [-0.2, -0.15) is 31.8 Å². The first-order chi connectivity index (χ1) is 9.43. The second-order valence-electron chi connectivity index (χ2n) is 3.51. The maximum absolute atomic E-state index is 13.2. The van der Waals surface area contributed by atoms with Gasteiger partial charge in [0.1, 0.15) is 5.82 Å². The summed E-state index contributed by atoms with van der Waals surface area (Å²) >= 11 is 0. The van der Waals surface area contributed by atoms with Gasteiger partial charge in [0.2, 0.25) is 0 Å². The van der Waals surface area contributed by atoms with Crippen LogP contribution < -0.4 is 5.48 Å². The Morgan fingerprint density at radius 2 is 1.62 bits per heavy atom. The highest BCUT2D eigenvalue weighted by molar-refractivity contribution is 5.94. The molecule has 0 radical (unpaired) electrons. The van der Waals surface area contributed by atoms with Crippen molar-refractivity contribution < 1.29 is 45.2 Å². The molecular weight excluding hydrogens is 315 g/mol. The lowest BCUT2D eigenvalue weighted by atomic mass is 10.1. The third kappa shape index (κ3) is 4.33. The molecule has 0 aliphatic carbocycles. The van der Waals surface area contributed by atoms with Gasteiger partial charge in [0, 0.05) is 0 Å².